The molecule has 1 nitrogen and oxygen atoms in total. The van der Waals surface area contributed by atoms with Crippen LogP contribution >= 0.6 is 35.8 Å². The van der Waals surface area contributed by atoms with Gasteiger partial charge in [0.25, 0.3) is 0 Å². The molecule has 0 bridgehead atoms. The molecular weight excluding hydrogens is 366 g/mol. The van der Waals surface area contributed by atoms with Crippen molar-refractivity contribution in [3.05, 3.63) is 59.1 Å². The molecule has 2 N–H and O–H groups in total. The van der Waals surface area contributed by atoms with Crippen LogP contribution in [0.1, 0.15) is 24.4 Å². The number of nitrogens with two attached hydrogens (primary N) is 1. The Kier molecular flexibility index (Phi) is 7.74. The third kappa shape index (κ3) is 6.63. The van der Waals surface area contributed by atoms with Crippen LogP contribution in [0.5, 0.6) is 0 Å². The number of hydrogen-bond donors (Lipinski definition) is 1. The Labute approximate surface area is 148 Å². The zero-order valence-electron chi connectivity index (χ0n) is 12.0. The first kappa shape index (κ1) is 20.2. The molecule has 2 aromatic carbocycles. The lowest BCUT2D eigenvalue weighted by Crippen LogP contribution is -2.16. The Morgan fingerprint density at radius 3 is 2.26 bits per heavy atom. The zero-order valence-corrected chi connectivity index (χ0v) is 14.4. The Morgan fingerprint density at radius 1 is 1.04 bits per heavy atom. The van der Waals surface area contributed by atoms with Crippen LogP contribution < -0.4 is 5.73 Å². The highest BCUT2D eigenvalue weighted by molar-refractivity contribution is 7.99. The van der Waals surface area contributed by atoms with Gasteiger partial charge in [0, 0.05) is 27.3 Å². The van der Waals surface area contributed by atoms with E-state index in [1.54, 1.807) is 24.3 Å². The Bertz CT molecular complexity index is 617. The maximum Gasteiger partial charge on any atom is 0.389 e. The molecular formula is C16H16Cl2F3NS. The summed E-state index contributed by atoms with van der Waals surface area (Å²) in [5.41, 5.74) is 6.67. The molecule has 126 valence electrons. The maximum atomic E-state index is 12.3. The predicted octanol–water partition coefficient (Wildman–Crippen LogP) is 6.26. The van der Waals surface area contributed by atoms with E-state index >= 15 is 0 Å². The molecule has 0 aliphatic rings. The summed E-state index contributed by atoms with van der Waals surface area (Å²) in [5.74, 6) is 0. The van der Waals surface area contributed by atoms with Crippen molar-refractivity contribution in [3.8, 4) is 0 Å². The van der Waals surface area contributed by atoms with Gasteiger partial charge in [-0.3, -0.25) is 0 Å². The minimum atomic E-state index is -4.18. The molecule has 1 atom stereocenters. The summed E-state index contributed by atoms with van der Waals surface area (Å²) in [5, 5.41) is 0.638. The van der Waals surface area contributed by atoms with E-state index < -0.39 is 18.6 Å². The molecule has 0 spiro atoms. The van der Waals surface area contributed by atoms with Crippen LogP contribution in [0.4, 0.5) is 13.2 Å². The number of halogens is 5. The second-order valence-corrected chi connectivity index (χ2v) is 6.41. The average molecular weight is 382 g/mol. The first-order valence-electron chi connectivity index (χ1n) is 6.70. The van der Waals surface area contributed by atoms with Gasteiger partial charge < -0.3 is 5.73 Å². The third-order valence-electron chi connectivity index (χ3n) is 3.10. The minimum Gasteiger partial charge on any atom is -0.324 e. The first-order valence-corrected chi connectivity index (χ1v) is 7.89. The number of benzene rings is 2. The van der Waals surface area contributed by atoms with Crippen molar-refractivity contribution in [1.82, 2.24) is 0 Å². The summed E-state index contributed by atoms with van der Waals surface area (Å²) in [6.45, 7) is 0. The van der Waals surface area contributed by atoms with Crippen LogP contribution in [0.25, 0.3) is 0 Å². The highest BCUT2D eigenvalue weighted by Crippen LogP contribution is 2.35. The minimum absolute atomic E-state index is 0. The van der Waals surface area contributed by atoms with Gasteiger partial charge in [-0.15, -0.1) is 12.4 Å². The fraction of sp³-hybridized carbons (Fsp3) is 0.250. The van der Waals surface area contributed by atoms with Crippen molar-refractivity contribution in [3.63, 3.8) is 0 Å². The number of hydrogen-bond acceptors (Lipinski definition) is 2. The molecule has 2 aromatic rings. The van der Waals surface area contributed by atoms with Crippen LogP contribution in [-0.2, 0) is 0 Å². The van der Waals surface area contributed by atoms with E-state index in [0.29, 0.717) is 5.02 Å². The van der Waals surface area contributed by atoms with E-state index in [2.05, 4.69) is 0 Å². The molecule has 7 heteroatoms. The van der Waals surface area contributed by atoms with Crippen molar-refractivity contribution >= 4 is 35.8 Å². The van der Waals surface area contributed by atoms with E-state index in [9.17, 15) is 13.2 Å². The molecule has 0 amide bonds. The van der Waals surface area contributed by atoms with Crippen molar-refractivity contribution in [1.29, 1.82) is 0 Å². The average Bonchev–Trinajstić information content (AvgIpc) is 2.47. The van der Waals surface area contributed by atoms with Gasteiger partial charge in [0.15, 0.2) is 0 Å². The highest BCUT2D eigenvalue weighted by Gasteiger charge is 2.28. The molecule has 0 saturated carbocycles. The normalized spacial score (nSPS) is 12.6. The first-order chi connectivity index (χ1) is 10.3. The standard InChI is InChI=1S/C16H15ClF3NS.ClH/c17-11-5-7-12(8-6-11)22-15-4-2-1-3-13(15)14(21)9-10-16(18,19)20;/h1-8,14H,9-10,21H2;1H/t14-;/m0./s1. The van der Waals surface area contributed by atoms with Crippen molar-refractivity contribution in [2.75, 3.05) is 0 Å². The number of rotatable bonds is 5. The fourth-order valence-corrected chi connectivity index (χ4v) is 3.12. The largest absolute Gasteiger partial charge is 0.389 e. The third-order valence-corrected chi connectivity index (χ3v) is 4.45. The van der Waals surface area contributed by atoms with Gasteiger partial charge in [0.2, 0.25) is 0 Å². The van der Waals surface area contributed by atoms with E-state index in [0.717, 1.165) is 15.4 Å². The van der Waals surface area contributed by atoms with Crippen LogP contribution in [0.3, 0.4) is 0 Å². The number of alkyl halides is 3. The van der Waals surface area contributed by atoms with Crippen molar-refractivity contribution in [2.24, 2.45) is 5.73 Å². The molecule has 0 aliphatic heterocycles. The molecule has 0 radical (unpaired) electrons. The monoisotopic (exact) mass is 381 g/mol. The van der Waals surface area contributed by atoms with Gasteiger partial charge in [0.05, 0.1) is 0 Å². The second-order valence-electron chi connectivity index (χ2n) is 4.85. The summed E-state index contributed by atoms with van der Waals surface area (Å²) < 4.78 is 37.0. The Hall–Kier alpha value is -0.880. The predicted molar refractivity (Wildman–Crippen MR) is 91.5 cm³/mol. The summed E-state index contributed by atoms with van der Waals surface area (Å²) in [7, 11) is 0. The summed E-state index contributed by atoms with van der Waals surface area (Å²) >= 11 is 7.31. The topological polar surface area (TPSA) is 26.0 Å². The molecule has 0 unspecified atom stereocenters. The van der Waals surface area contributed by atoms with E-state index in [4.69, 9.17) is 17.3 Å². The smallest absolute Gasteiger partial charge is 0.324 e. The van der Waals surface area contributed by atoms with Crippen LogP contribution in [0, 0.1) is 0 Å². The van der Waals surface area contributed by atoms with E-state index in [1.807, 2.05) is 24.3 Å². The van der Waals surface area contributed by atoms with Gasteiger partial charge in [-0.2, -0.15) is 13.2 Å². The van der Waals surface area contributed by atoms with E-state index in [-0.39, 0.29) is 18.8 Å². The van der Waals surface area contributed by atoms with Crippen molar-refractivity contribution in [2.45, 2.75) is 34.9 Å². The summed E-state index contributed by atoms with van der Waals surface area (Å²) in [6, 6.07) is 13.9. The fourth-order valence-electron chi connectivity index (χ4n) is 1.98. The van der Waals surface area contributed by atoms with Gasteiger partial charge in [-0.1, -0.05) is 41.6 Å². The second kappa shape index (κ2) is 8.83. The molecule has 0 saturated heterocycles. The lowest BCUT2D eigenvalue weighted by Gasteiger charge is -2.17. The van der Waals surface area contributed by atoms with Gasteiger partial charge in [-0.05, 0) is 42.3 Å². The maximum absolute atomic E-state index is 12.3. The molecule has 23 heavy (non-hydrogen) atoms. The Balaban J connectivity index is 0.00000264. The van der Waals surface area contributed by atoms with Crippen molar-refractivity contribution < 1.29 is 13.2 Å². The molecule has 0 fully saturated rings. The molecule has 0 aliphatic carbocycles. The van der Waals surface area contributed by atoms with E-state index in [1.165, 1.54) is 11.8 Å². The SMILES string of the molecule is Cl.N[C@@H](CCC(F)(F)F)c1ccccc1Sc1ccc(Cl)cc1. The van der Waals surface area contributed by atoms with Crippen LogP contribution in [-0.4, -0.2) is 6.18 Å². The van der Waals surface area contributed by atoms with Crippen LogP contribution in [0.15, 0.2) is 58.3 Å². The Morgan fingerprint density at radius 2 is 1.65 bits per heavy atom. The van der Waals surface area contributed by atoms with Crippen LogP contribution in [0.2, 0.25) is 5.02 Å². The zero-order chi connectivity index (χ0) is 16.2. The summed E-state index contributed by atoms with van der Waals surface area (Å²) in [6.07, 6.45) is -5.19. The molecule has 2 rings (SSSR count). The summed E-state index contributed by atoms with van der Waals surface area (Å²) in [4.78, 5) is 1.82. The highest BCUT2D eigenvalue weighted by atomic mass is 35.5. The molecule has 0 heterocycles. The lowest BCUT2D eigenvalue weighted by molar-refractivity contribution is -0.136. The quantitative estimate of drug-likeness (QED) is 0.661. The van der Waals surface area contributed by atoms with Gasteiger partial charge in [0.1, 0.15) is 0 Å². The van der Waals surface area contributed by atoms with Gasteiger partial charge >= 0.3 is 6.18 Å². The molecule has 0 aromatic heterocycles. The van der Waals surface area contributed by atoms with Gasteiger partial charge in [-0.25, -0.2) is 0 Å². The lowest BCUT2D eigenvalue weighted by atomic mass is 10.0.